The van der Waals surface area contributed by atoms with Crippen LogP contribution in [0, 0.1) is 5.92 Å². The molecule has 0 bridgehead atoms. The molecule has 2 heterocycles. The van der Waals surface area contributed by atoms with Crippen molar-refractivity contribution in [2.75, 3.05) is 18.4 Å². The average Bonchev–Trinajstić information content (AvgIpc) is 2.58. The molecule has 2 aliphatic heterocycles. The summed E-state index contributed by atoms with van der Waals surface area (Å²) >= 11 is 0. The molecule has 0 aliphatic carbocycles. The molecule has 0 spiro atoms. The predicted octanol–water partition coefficient (Wildman–Crippen LogP) is 2.22. The number of carboxylic acids is 1. The summed E-state index contributed by atoms with van der Waals surface area (Å²) in [4.78, 5) is 37.5. The number of nitrogens with one attached hydrogen (secondary N) is 1. The van der Waals surface area contributed by atoms with E-state index in [0.29, 0.717) is 25.2 Å². The highest BCUT2D eigenvalue weighted by molar-refractivity contribution is 6.01. The normalized spacial score (nSPS) is 23.3. The van der Waals surface area contributed by atoms with Crippen LogP contribution in [0.25, 0.3) is 0 Å². The van der Waals surface area contributed by atoms with Crippen LogP contribution in [0.2, 0.25) is 0 Å². The molecule has 1 aromatic carbocycles. The molecule has 2 N–H and O–H groups in total. The van der Waals surface area contributed by atoms with Crippen LogP contribution in [0.15, 0.2) is 24.3 Å². The van der Waals surface area contributed by atoms with Gasteiger partial charge in [-0.3, -0.25) is 14.4 Å². The Labute approximate surface area is 140 Å². The van der Waals surface area contributed by atoms with Crippen LogP contribution in [0.1, 0.15) is 43.6 Å². The minimum absolute atomic E-state index is 0.0164. The van der Waals surface area contributed by atoms with Crippen LogP contribution in [0.4, 0.5) is 5.69 Å². The minimum atomic E-state index is -0.795. The van der Waals surface area contributed by atoms with Crippen molar-refractivity contribution >= 4 is 23.5 Å². The highest BCUT2D eigenvalue weighted by Crippen LogP contribution is 2.34. The Morgan fingerprint density at radius 2 is 2.08 bits per heavy atom. The van der Waals surface area contributed by atoms with E-state index >= 15 is 0 Å². The Bertz CT molecular complexity index is 658. The van der Waals surface area contributed by atoms with Crippen molar-refractivity contribution in [3.63, 3.8) is 0 Å². The van der Waals surface area contributed by atoms with Crippen LogP contribution in [-0.2, 0) is 14.4 Å². The van der Waals surface area contributed by atoms with E-state index in [9.17, 15) is 14.4 Å². The van der Waals surface area contributed by atoms with Crippen LogP contribution in [0.3, 0.4) is 0 Å². The van der Waals surface area contributed by atoms with Crippen LogP contribution in [-0.4, -0.2) is 40.9 Å². The lowest BCUT2D eigenvalue weighted by molar-refractivity contribution is -0.138. The van der Waals surface area contributed by atoms with E-state index in [1.807, 2.05) is 29.2 Å². The standard InChI is InChI=1S/C18H22N2O4/c21-16-10-14(13-5-1-2-6-15(13)19-16)18(24)20-9-3-4-12(11-20)7-8-17(22)23/h1-2,5-6,12,14H,3-4,7-11H2,(H,19,21)(H,22,23). The number of benzene rings is 1. The third-order valence-corrected chi connectivity index (χ3v) is 4.90. The lowest BCUT2D eigenvalue weighted by Crippen LogP contribution is -2.44. The van der Waals surface area contributed by atoms with Crippen LogP contribution in [0.5, 0.6) is 0 Å². The van der Waals surface area contributed by atoms with Gasteiger partial charge in [-0.2, -0.15) is 0 Å². The van der Waals surface area contributed by atoms with E-state index in [1.54, 1.807) is 0 Å². The van der Waals surface area contributed by atoms with Crippen LogP contribution >= 0.6 is 0 Å². The lowest BCUT2D eigenvalue weighted by atomic mass is 9.87. The fourth-order valence-corrected chi connectivity index (χ4v) is 3.68. The number of carbonyl (C=O) groups is 3. The maximum atomic E-state index is 13.0. The lowest BCUT2D eigenvalue weighted by Gasteiger charge is -2.36. The summed E-state index contributed by atoms with van der Waals surface area (Å²) in [5.41, 5.74) is 1.58. The summed E-state index contributed by atoms with van der Waals surface area (Å²) < 4.78 is 0. The number of carboxylic acid groups (broad SMARTS) is 1. The average molecular weight is 330 g/mol. The molecule has 2 atom stereocenters. The molecule has 1 aromatic rings. The van der Waals surface area contributed by atoms with Gasteiger partial charge in [0.05, 0.1) is 5.92 Å². The number of amides is 2. The third-order valence-electron chi connectivity index (χ3n) is 4.90. The third kappa shape index (κ3) is 3.58. The van der Waals surface area contributed by atoms with E-state index in [0.717, 1.165) is 18.4 Å². The number of fused-ring (bicyclic) bond motifs is 1. The van der Waals surface area contributed by atoms with Crippen LogP contribution < -0.4 is 5.32 Å². The molecule has 6 heteroatoms. The van der Waals surface area contributed by atoms with E-state index in [2.05, 4.69) is 5.32 Å². The Morgan fingerprint density at radius 3 is 2.88 bits per heavy atom. The van der Waals surface area contributed by atoms with Crippen molar-refractivity contribution < 1.29 is 19.5 Å². The molecule has 128 valence electrons. The smallest absolute Gasteiger partial charge is 0.303 e. The summed E-state index contributed by atoms with van der Waals surface area (Å²) in [6.07, 6.45) is 2.75. The minimum Gasteiger partial charge on any atom is -0.481 e. The predicted molar refractivity (Wildman–Crippen MR) is 88.6 cm³/mol. The number of nitrogens with zero attached hydrogens (tertiary/aromatic N) is 1. The SMILES string of the molecule is O=C(O)CCC1CCCN(C(=O)C2CC(=O)Nc3ccccc32)C1. The molecule has 0 radical (unpaired) electrons. The van der Waals surface area contributed by atoms with E-state index in [1.165, 1.54) is 0 Å². The van der Waals surface area contributed by atoms with Gasteiger partial charge in [-0.05, 0) is 36.8 Å². The van der Waals surface area contributed by atoms with Gasteiger partial charge in [0, 0.05) is 31.6 Å². The van der Waals surface area contributed by atoms with Crippen molar-refractivity contribution in [1.82, 2.24) is 4.90 Å². The fourth-order valence-electron chi connectivity index (χ4n) is 3.68. The van der Waals surface area contributed by atoms with Crippen molar-refractivity contribution in [2.24, 2.45) is 5.92 Å². The Morgan fingerprint density at radius 1 is 1.29 bits per heavy atom. The zero-order valence-electron chi connectivity index (χ0n) is 13.5. The molecule has 6 nitrogen and oxygen atoms in total. The molecular weight excluding hydrogens is 308 g/mol. The number of anilines is 1. The Kier molecular flexibility index (Phi) is 4.83. The summed E-state index contributed by atoms with van der Waals surface area (Å²) in [6.45, 7) is 1.27. The van der Waals surface area contributed by atoms with Crippen molar-refractivity contribution in [2.45, 2.75) is 38.0 Å². The zero-order chi connectivity index (χ0) is 17.1. The van der Waals surface area contributed by atoms with Crippen molar-refractivity contribution in [1.29, 1.82) is 0 Å². The summed E-state index contributed by atoms with van der Waals surface area (Å²) in [6, 6.07) is 7.43. The molecule has 0 saturated carbocycles. The van der Waals surface area contributed by atoms with Crippen molar-refractivity contribution in [3.8, 4) is 0 Å². The van der Waals surface area contributed by atoms with Crippen molar-refractivity contribution in [3.05, 3.63) is 29.8 Å². The number of rotatable bonds is 4. The highest BCUT2D eigenvalue weighted by Gasteiger charge is 2.35. The fraction of sp³-hybridized carbons (Fsp3) is 0.500. The number of hydrogen-bond donors (Lipinski definition) is 2. The number of carbonyl (C=O) groups excluding carboxylic acids is 2. The first-order valence-electron chi connectivity index (χ1n) is 8.44. The first kappa shape index (κ1) is 16.5. The maximum Gasteiger partial charge on any atom is 0.303 e. The Hall–Kier alpha value is -2.37. The summed E-state index contributed by atoms with van der Waals surface area (Å²) in [5.74, 6) is -1.15. The van der Waals surface area contributed by atoms with E-state index < -0.39 is 11.9 Å². The second-order valence-corrected chi connectivity index (χ2v) is 6.62. The van der Waals surface area contributed by atoms with Gasteiger partial charge in [0.2, 0.25) is 11.8 Å². The largest absolute Gasteiger partial charge is 0.481 e. The number of piperidine rings is 1. The van der Waals surface area contributed by atoms with Gasteiger partial charge < -0.3 is 15.3 Å². The van der Waals surface area contributed by atoms with Gasteiger partial charge in [-0.1, -0.05) is 18.2 Å². The van der Waals surface area contributed by atoms with Gasteiger partial charge in [0.15, 0.2) is 0 Å². The summed E-state index contributed by atoms with van der Waals surface area (Å²) in [5, 5.41) is 11.7. The van der Waals surface area contributed by atoms with Gasteiger partial charge in [-0.25, -0.2) is 0 Å². The van der Waals surface area contributed by atoms with Gasteiger partial charge in [0.25, 0.3) is 0 Å². The number of hydrogen-bond acceptors (Lipinski definition) is 3. The monoisotopic (exact) mass is 330 g/mol. The second kappa shape index (κ2) is 7.03. The molecule has 2 unspecified atom stereocenters. The number of para-hydroxylation sites is 1. The zero-order valence-corrected chi connectivity index (χ0v) is 13.5. The summed E-state index contributed by atoms with van der Waals surface area (Å²) in [7, 11) is 0. The van der Waals surface area contributed by atoms with Gasteiger partial charge >= 0.3 is 5.97 Å². The van der Waals surface area contributed by atoms with Gasteiger partial charge in [0.1, 0.15) is 0 Å². The first-order chi connectivity index (χ1) is 11.5. The van der Waals surface area contributed by atoms with E-state index in [4.69, 9.17) is 5.11 Å². The molecule has 1 saturated heterocycles. The number of likely N-dealkylation sites (tertiary alicyclic amines) is 1. The molecule has 0 aromatic heterocycles. The molecule has 3 rings (SSSR count). The quantitative estimate of drug-likeness (QED) is 0.886. The highest BCUT2D eigenvalue weighted by atomic mass is 16.4. The van der Waals surface area contributed by atoms with Gasteiger partial charge in [-0.15, -0.1) is 0 Å². The first-order valence-corrected chi connectivity index (χ1v) is 8.44. The second-order valence-electron chi connectivity index (χ2n) is 6.62. The maximum absolute atomic E-state index is 13.0. The molecule has 24 heavy (non-hydrogen) atoms. The Balaban J connectivity index is 1.72. The molecule has 2 aliphatic rings. The molecule has 2 amide bonds. The molecular formula is C18H22N2O4. The van der Waals surface area contributed by atoms with E-state index in [-0.39, 0.29) is 30.6 Å². The molecule has 1 fully saturated rings. The topological polar surface area (TPSA) is 86.7 Å². The number of aliphatic carboxylic acids is 1.